The van der Waals surface area contributed by atoms with Crippen molar-refractivity contribution in [2.75, 3.05) is 0 Å². The maximum Gasteiger partial charge on any atom is 0.218 e. The van der Waals surface area contributed by atoms with Crippen molar-refractivity contribution in [1.82, 2.24) is 0 Å². The molecule has 0 aliphatic carbocycles. The largest absolute Gasteiger partial charge is 0.370 e. The fourth-order valence-corrected chi connectivity index (χ4v) is 0.529. The molecular formula is C6H11NOS. The summed E-state index contributed by atoms with van der Waals surface area (Å²) in [4.78, 5) is 11.1. The Morgan fingerprint density at radius 2 is 2.22 bits per heavy atom. The summed E-state index contributed by atoms with van der Waals surface area (Å²) in [6.07, 6.45) is 0.370. The second-order valence-corrected chi connectivity index (χ2v) is 2.83. The Morgan fingerprint density at radius 3 is 2.33 bits per heavy atom. The Bertz CT molecular complexity index is 133. The average molecular weight is 145 g/mol. The van der Waals surface area contributed by atoms with E-state index in [0.717, 1.165) is 4.86 Å². The van der Waals surface area contributed by atoms with Crippen LogP contribution in [-0.4, -0.2) is 10.8 Å². The first-order chi connectivity index (χ1) is 4.04. The van der Waals surface area contributed by atoms with Crippen molar-refractivity contribution in [2.24, 2.45) is 11.7 Å². The number of carbonyl (C=O) groups excluding carboxylic acids is 1. The van der Waals surface area contributed by atoms with Gasteiger partial charge in [0.05, 0.1) is 0 Å². The van der Waals surface area contributed by atoms with E-state index in [1.165, 1.54) is 0 Å². The van der Waals surface area contributed by atoms with Gasteiger partial charge in [-0.15, -0.1) is 0 Å². The van der Waals surface area contributed by atoms with Crippen molar-refractivity contribution in [1.29, 1.82) is 0 Å². The van der Waals surface area contributed by atoms with Crippen LogP contribution < -0.4 is 5.73 Å². The molecule has 0 aromatic carbocycles. The van der Waals surface area contributed by atoms with Crippen molar-refractivity contribution >= 4 is 23.0 Å². The average Bonchev–Trinajstić information content (AvgIpc) is 1.63. The molecule has 0 rings (SSSR count). The molecule has 1 unspecified atom stereocenters. The SMILES string of the molecule is CC(=S)C(C)CC(N)=O. The first-order valence-electron chi connectivity index (χ1n) is 2.82. The van der Waals surface area contributed by atoms with Crippen LogP contribution in [-0.2, 0) is 4.79 Å². The van der Waals surface area contributed by atoms with Gasteiger partial charge in [0.1, 0.15) is 0 Å². The van der Waals surface area contributed by atoms with Crippen molar-refractivity contribution < 1.29 is 4.79 Å². The monoisotopic (exact) mass is 145 g/mol. The van der Waals surface area contributed by atoms with Gasteiger partial charge in [0.2, 0.25) is 5.91 Å². The Kier molecular flexibility index (Phi) is 3.39. The number of hydrogen-bond donors (Lipinski definition) is 1. The third-order valence-corrected chi connectivity index (χ3v) is 1.60. The summed E-state index contributed by atoms with van der Waals surface area (Å²) >= 11 is 4.83. The normalized spacial score (nSPS) is 12.7. The van der Waals surface area contributed by atoms with Gasteiger partial charge >= 0.3 is 0 Å². The van der Waals surface area contributed by atoms with Gasteiger partial charge in [-0.2, -0.15) is 0 Å². The Morgan fingerprint density at radius 1 is 1.78 bits per heavy atom. The molecule has 0 spiro atoms. The van der Waals surface area contributed by atoms with Crippen LogP contribution >= 0.6 is 12.2 Å². The van der Waals surface area contributed by atoms with Gasteiger partial charge in [0, 0.05) is 6.42 Å². The second kappa shape index (κ2) is 3.56. The van der Waals surface area contributed by atoms with Crippen LogP contribution in [0.4, 0.5) is 0 Å². The molecule has 0 aromatic rings. The molecule has 1 atom stereocenters. The van der Waals surface area contributed by atoms with E-state index in [2.05, 4.69) is 0 Å². The summed E-state index contributed by atoms with van der Waals surface area (Å²) < 4.78 is 0. The number of thiocarbonyl (C=S) groups is 1. The smallest absolute Gasteiger partial charge is 0.218 e. The molecule has 0 bridgehead atoms. The minimum absolute atomic E-state index is 0.150. The molecule has 0 fully saturated rings. The molecular weight excluding hydrogens is 134 g/mol. The number of primary amides is 1. The van der Waals surface area contributed by atoms with E-state index >= 15 is 0 Å². The summed E-state index contributed by atoms with van der Waals surface area (Å²) in [7, 11) is 0. The number of rotatable bonds is 3. The number of nitrogens with two attached hydrogens (primary N) is 1. The van der Waals surface area contributed by atoms with E-state index in [1.54, 1.807) is 0 Å². The number of amides is 1. The predicted octanol–water partition coefficient (Wildman–Crippen LogP) is 0.888. The van der Waals surface area contributed by atoms with Crippen molar-refractivity contribution in [3.63, 3.8) is 0 Å². The van der Waals surface area contributed by atoms with Crippen molar-refractivity contribution in [3.8, 4) is 0 Å². The van der Waals surface area contributed by atoms with Crippen LogP contribution in [0.15, 0.2) is 0 Å². The lowest BCUT2D eigenvalue weighted by atomic mass is 10.1. The van der Waals surface area contributed by atoms with Gasteiger partial charge < -0.3 is 5.73 Å². The Hall–Kier alpha value is -0.440. The van der Waals surface area contributed by atoms with Crippen LogP contribution in [0.25, 0.3) is 0 Å². The minimum atomic E-state index is -0.285. The lowest BCUT2D eigenvalue weighted by Gasteiger charge is -2.04. The van der Waals surface area contributed by atoms with E-state index in [9.17, 15) is 4.79 Å². The van der Waals surface area contributed by atoms with Crippen molar-refractivity contribution in [3.05, 3.63) is 0 Å². The number of carbonyl (C=O) groups is 1. The summed E-state index contributed by atoms with van der Waals surface area (Å²) in [5.74, 6) is -0.135. The van der Waals surface area contributed by atoms with Gasteiger partial charge in [-0.05, 0) is 17.7 Å². The Labute approximate surface area is 60.4 Å². The standard InChI is InChI=1S/C6H11NOS/c1-4(5(2)9)3-6(7)8/h4H,3H2,1-2H3,(H2,7,8). The van der Waals surface area contributed by atoms with Crippen LogP contribution in [0.5, 0.6) is 0 Å². The third-order valence-electron chi connectivity index (χ3n) is 1.20. The van der Waals surface area contributed by atoms with Gasteiger partial charge in [0.15, 0.2) is 0 Å². The second-order valence-electron chi connectivity index (χ2n) is 2.18. The molecule has 1 amide bonds. The van der Waals surface area contributed by atoms with Crippen LogP contribution in [0.1, 0.15) is 20.3 Å². The molecule has 0 radical (unpaired) electrons. The molecule has 52 valence electrons. The summed E-state index contributed by atoms with van der Waals surface area (Å²) in [6, 6.07) is 0. The molecule has 3 heteroatoms. The first kappa shape index (κ1) is 8.56. The fraction of sp³-hybridized carbons (Fsp3) is 0.667. The highest BCUT2D eigenvalue weighted by molar-refractivity contribution is 7.80. The topological polar surface area (TPSA) is 43.1 Å². The summed E-state index contributed by atoms with van der Waals surface area (Å²) in [5, 5.41) is 0. The highest BCUT2D eigenvalue weighted by atomic mass is 32.1. The van der Waals surface area contributed by atoms with E-state index < -0.39 is 0 Å². The quantitative estimate of drug-likeness (QED) is 0.599. The van der Waals surface area contributed by atoms with Crippen molar-refractivity contribution in [2.45, 2.75) is 20.3 Å². The van der Waals surface area contributed by atoms with Gasteiger partial charge in [-0.3, -0.25) is 4.79 Å². The highest BCUT2D eigenvalue weighted by Gasteiger charge is 2.06. The van der Waals surface area contributed by atoms with E-state index in [4.69, 9.17) is 18.0 Å². The van der Waals surface area contributed by atoms with Gasteiger partial charge in [-0.25, -0.2) is 0 Å². The molecule has 2 N–H and O–H groups in total. The van der Waals surface area contributed by atoms with Crippen LogP contribution in [0, 0.1) is 5.92 Å². The third kappa shape index (κ3) is 4.09. The summed E-state index contributed by atoms with van der Waals surface area (Å²) in [6.45, 7) is 3.72. The first-order valence-corrected chi connectivity index (χ1v) is 3.23. The molecule has 0 aromatic heterocycles. The molecule has 9 heavy (non-hydrogen) atoms. The molecule has 0 saturated carbocycles. The molecule has 0 saturated heterocycles. The zero-order valence-electron chi connectivity index (χ0n) is 5.68. The predicted molar refractivity (Wildman–Crippen MR) is 41.2 cm³/mol. The molecule has 0 aliphatic rings. The lowest BCUT2D eigenvalue weighted by molar-refractivity contribution is -0.118. The van der Waals surface area contributed by atoms with E-state index in [-0.39, 0.29) is 11.8 Å². The zero-order valence-corrected chi connectivity index (χ0v) is 6.49. The van der Waals surface area contributed by atoms with Gasteiger partial charge in [0.25, 0.3) is 0 Å². The fourth-order valence-electron chi connectivity index (χ4n) is 0.446. The van der Waals surface area contributed by atoms with E-state index in [0.29, 0.717) is 6.42 Å². The highest BCUT2D eigenvalue weighted by Crippen LogP contribution is 2.02. The lowest BCUT2D eigenvalue weighted by Crippen LogP contribution is -2.17. The summed E-state index contributed by atoms with van der Waals surface area (Å²) in [5.41, 5.74) is 4.93. The minimum Gasteiger partial charge on any atom is -0.370 e. The van der Waals surface area contributed by atoms with Crippen LogP contribution in [0.2, 0.25) is 0 Å². The molecule has 2 nitrogen and oxygen atoms in total. The molecule has 0 aliphatic heterocycles. The number of hydrogen-bond acceptors (Lipinski definition) is 2. The maximum absolute atomic E-state index is 10.3. The van der Waals surface area contributed by atoms with E-state index in [1.807, 2.05) is 13.8 Å². The van der Waals surface area contributed by atoms with Gasteiger partial charge in [-0.1, -0.05) is 19.1 Å². The maximum atomic E-state index is 10.3. The zero-order chi connectivity index (χ0) is 7.44. The van der Waals surface area contributed by atoms with Crippen LogP contribution in [0.3, 0.4) is 0 Å². The Balaban J connectivity index is 3.63. The molecule has 0 heterocycles.